The zero-order valence-electron chi connectivity index (χ0n) is 8.75. The summed E-state index contributed by atoms with van der Waals surface area (Å²) in [6, 6.07) is 6.82. The molecule has 4 heteroatoms. The fourth-order valence-electron chi connectivity index (χ4n) is 1.25. The van der Waals surface area contributed by atoms with Crippen molar-refractivity contribution in [3.8, 4) is 6.07 Å². The number of nitriles is 1. The highest BCUT2D eigenvalue weighted by atomic mass is 35.5. The molecule has 2 N–H and O–H groups in total. The number of hydrogen-bond donors (Lipinski definition) is 1. The molecule has 0 spiro atoms. The first-order chi connectivity index (χ1) is 6.51. The normalized spacial score (nSPS) is 10.3. The molecule has 0 aliphatic heterocycles. The standard InChI is InChI=1S/C11H13FN2.ClH/c1-11(2,7-14)9-4-3-8(6-13)5-10(9)12;/h3-5H,6,13H2,1-2H3;1H. The summed E-state index contributed by atoms with van der Waals surface area (Å²) in [6.45, 7) is 3.69. The molecule has 1 aromatic rings. The van der Waals surface area contributed by atoms with Crippen molar-refractivity contribution in [1.82, 2.24) is 0 Å². The van der Waals surface area contributed by atoms with E-state index in [0.29, 0.717) is 12.1 Å². The number of hydrogen-bond acceptors (Lipinski definition) is 2. The molecule has 82 valence electrons. The van der Waals surface area contributed by atoms with Gasteiger partial charge in [0.25, 0.3) is 0 Å². The van der Waals surface area contributed by atoms with Crippen molar-refractivity contribution in [1.29, 1.82) is 5.26 Å². The highest BCUT2D eigenvalue weighted by Crippen LogP contribution is 2.25. The van der Waals surface area contributed by atoms with Crippen LogP contribution in [0, 0.1) is 17.1 Å². The van der Waals surface area contributed by atoms with Gasteiger partial charge in [-0.2, -0.15) is 5.26 Å². The largest absolute Gasteiger partial charge is 0.326 e. The highest BCUT2D eigenvalue weighted by molar-refractivity contribution is 5.85. The van der Waals surface area contributed by atoms with Crippen LogP contribution < -0.4 is 5.73 Å². The Balaban J connectivity index is 0.00000196. The maximum Gasteiger partial charge on any atom is 0.128 e. The van der Waals surface area contributed by atoms with E-state index < -0.39 is 5.41 Å². The van der Waals surface area contributed by atoms with Crippen molar-refractivity contribution in [2.45, 2.75) is 25.8 Å². The van der Waals surface area contributed by atoms with E-state index in [-0.39, 0.29) is 18.2 Å². The van der Waals surface area contributed by atoms with Crippen LogP contribution in [0.1, 0.15) is 25.0 Å². The second-order valence-corrected chi connectivity index (χ2v) is 3.76. The summed E-state index contributed by atoms with van der Waals surface area (Å²) in [4.78, 5) is 0. The van der Waals surface area contributed by atoms with E-state index in [1.54, 1.807) is 26.0 Å². The topological polar surface area (TPSA) is 49.8 Å². The summed E-state index contributed by atoms with van der Waals surface area (Å²) in [5.74, 6) is -0.362. The third kappa shape index (κ3) is 2.92. The lowest BCUT2D eigenvalue weighted by molar-refractivity contribution is 0.563. The van der Waals surface area contributed by atoms with Crippen LogP contribution >= 0.6 is 12.4 Å². The van der Waals surface area contributed by atoms with Crippen molar-refractivity contribution in [2.75, 3.05) is 0 Å². The minimum absolute atomic E-state index is 0. The maximum atomic E-state index is 13.5. The van der Waals surface area contributed by atoms with Gasteiger partial charge in [-0.15, -0.1) is 12.4 Å². The van der Waals surface area contributed by atoms with Gasteiger partial charge in [0, 0.05) is 12.1 Å². The Morgan fingerprint density at radius 3 is 2.47 bits per heavy atom. The van der Waals surface area contributed by atoms with Crippen LogP contribution in [0.4, 0.5) is 4.39 Å². The van der Waals surface area contributed by atoms with Crippen LogP contribution in [0.3, 0.4) is 0 Å². The smallest absolute Gasteiger partial charge is 0.128 e. The number of nitrogens with two attached hydrogens (primary N) is 1. The third-order valence-electron chi connectivity index (χ3n) is 2.22. The van der Waals surface area contributed by atoms with E-state index >= 15 is 0 Å². The summed E-state index contributed by atoms with van der Waals surface area (Å²) in [5, 5.41) is 8.86. The molecule has 0 aliphatic carbocycles. The predicted molar refractivity (Wildman–Crippen MR) is 60.2 cm³/mol. The number of nitrogens with zero attached hydrogens (tertiary/aromatic N) is 1. The summed E-state index contributed by atoms with van der Waals surface area (Å²) < 4.78 is 13.5. The summed E-state index contributed by atoms with van der Waals surface area (Å²) >= 11 is 0. The maximum absolute atomic E-state index is 13.5. The first kappa shape index (κ1) is 13.9. The van der Waals surface area contributed by atoms with Crippen LogP contribution in [0.25, 0.3) is 0 Å². The summed E-state index contributed by atoms with van der Waals surface area (Å²) in [5.41, 5.74) is 5.73. The average Bonchev–Trinajstić information content (AvgIpc) is 2.17. The van der Waals surface area contributed by atoms with Gasteiger partial charge in [-0.3, -0.25) is 0 Å². The first-order valence-corrected chi connectivity index (χ1v) is 4.41. The fourth-order valence-corrected chi connectivity index (χ4v) is 1.25. The molecule has 0 radical (unpaired) electrons. The van der Waals surface area contributed by atoms with E-state index in [1.165, 1.54) is 6.07 Å². The lowest BCUT2D eigenvalue weighted by Crippen LogP contribution is -2.16. The van der Waals surface area contributed by atoms with Crippen molar-refractivity contribution < 1.29 is 4.39 Å². The van der Waals surface area contributed by atoms with Gasteiger partial charge in [-0.25, -0.2) is 4.39 Å². The van der Waals surface area contributed by atoms with E-state index in [4.69, 9.17) is 11.0 Å². The predicted octanol–water partition coefficient (Wildman–Crippen LogP) is 2.51. The molecule has 15 heavy (non-hydrogen) atoms. The molecule has 1 rings (SSSR count). The van der Waals surface area contributed by atoms with E-state index in [1.807, 2.05) is 0 Å². The highest BCUT2D eigenvalue weighted by Gasteiger charge is 2.23. The molecule has 0 aromatic heterocycles. The second kappa shape index (κ2) is 5.11. The Hall–Kier alpha value is -1.11. The Morgan fingerprint density at radius 2 is 2.07 bits per heavy atom. The van der Waals surface area contributed by atoms with E-state index in [2.05, 4.69) is 6.07 Å². The molecule has 0 unspecified atom stereocenters. The molecule has 0 bridgehead atoms. The van der Waals surface area contributed by atoms with E-state index in [9.17, 15) is 4.39 Å². The zero-order valence-corrected chi connectivity index (χ0v) is 9.57. The summed E-state index contributed by atoms with van der Waals surface area (Å²) in [7, 11) is 0. The molecule has 0 saturated carbocycles. The van der Waals surface area contributed by atoms with Crippen LogP contribution in [-0.4, -0.2) is 0 Å². The molecule has 0 fully saturated rings. The van der Waals surface area contributed by atoms with Gasteiger partial charge >= 0.3 is 0 Å². The average molecular weight is 229 g/mol. The third-order valence-corrected chi connectivity index (χ3v) is 2.22. The van der Waals surface area contributed by atoms with Crippen molar-refractivity contribution in [2.24, 2.45) is 5.73 Å². The molecule has 0 aliphatic rings. The van der Waals surface area contributed by atoms with E-state index in [0.717, 1.165) is 5.56 Å². The fraction of sp³-hybridized carbons (Fsp3) is 0.364. The van der Waals surface area contributed by atoms with Gasteiger partial charge in [0.2, 0.25) is 0 Å². The molecule has 2 nitrogen and oxygen atoms in total. The number of halogens is 2. The molecular formula is C11H14ClFN2. The second-order valence-electron chi connectivity index (χ2n) is 3.76. The van der Waals surface area contributed by atoms with Crippen LogP contribution in [0.5, 0.6) is 0 Å². The Kier molecular flexibility index (Phi) is 4.73. The molecule has 0 atom stereocenters. The molecule has 0 heterocycles. The monoisotopic (exact) mass is 228 g/mol. The van der Waals surface area contributed by atoms with Gasteiger partial charge < -0.3 is 5.73 Å². The van der Waals surface area contributed by atoms with Crippen LogP contribution in [-0.2, 0) is 12.0 Å². The van der Waals surface area contributed by atoms with Crippen LogP contribution in [0.2, 0.25) is 0 Å². The Labute approximate surface area is 95.3 Å². The van der Waals surface area contributed by atoms with Gasteiger partial charge in [-0.05, 0) is 25.5 Å². The van der Waals surface area contributed by atoms with Crippen molar-refractivity contribution in [3.63, 3.8) is 0 Å². The minimum atomic E-state index is -0.794. The number of rotatable bonds is 2. The van der Waals surface area contributed by atoms with Crippen molar-refractivity contribution >= 4 is 12.4 Å². The summed E-state index contributed by atoms with van der Waals surface area (Å²) in [6.07, 6.45) is 0. The lowest BCUT2D eigenvalue weighted by atomic mass is 9.85. The number of benzene rings is 1. The van der Waals surface area contributed by atoms with Crippen LogP contribution in [0.15, 0.2) is 18.2 Å². The zero-order chi connectivity index (χ0) is 10.8. The van der Waals surface area contributed by atoms with Crippen molar-refractivity contribution in [3.05, 3.63) is 35.1 Å². The quantitative estimate of drug-likeness (QED) is 0.846. The molecule has 0 saturated heterocycles. The van der Waals surface area contributed by atoms with Gasteiger partial charge in [0.15, 0.2) is 0 Å². The van der Waals surface area contributed by atoms with Gasteiger partial charge in [0.1, 0.15) is 5.82 Å². The Bertz CT molecular complexity index is 383. The van der Waals surface area contributed by atoms with Gasteiger partial charge in [-0.1, -0.05) is 12.1 Å². The van der Waals surface area contributed by atoms with Gasteiger partial charge in [0.05, 0.1) is 11.5 Å². The minimum Gasteiger partial charge on any atom is -0.326 e. The molecular weight excluding hydrogens is 215 g/mol. The molecule has 1 aromatic carbocycles. The first-order valence-electron chi connectivity index (χ1n) is 4.41. The SMILES string of the molecule is CC(C)(C#N)c1ccc(CN)cc1F.Cl. The lowest BCUT2D eigenvalue weighted by Gasteiger charge is -2.16. The molecule has 0 amide bonds. The Morgan fingerprint density at radius 1 is 1.47 bits per heavy atom.